The molecule has 19 heavy (non-hydrogen) atoms. The van der Waals surface area contributed by atoms with Crippen LogP contribution in [0.15, 0.2) is 18.2 Å². The van der Waals surface area contributed by atoms with Crippen LogP contribution in [0.2, 0.25) is 0 Å². The lowest BCUT2D eigenvalue weighted by molar-refractivity contribution is 0.0601. The smallest absolute Gasteiger partial charge is 0.337 e. The summed E-state index contributed by atoms with van der Waals surface area (Å²) in [7, 11) is 1.41. The van der Waals surface area contributed by atoms with Gasteiger partial charge in [-0.3, -0.25) is 0 Å². The second kappa shape index (κ2) is 5.24. The molecule has 0 saturated heterocycles. The van der Waals surface area contributed by atoms with Gasteiger partial charge in [0, 0.05) is 11.7 Å². The largest absolute Gasteiger partial charge is 0.465 e. The number of carbonyl (C=O) groups is 1. The van der Waals surface area contributed by atoms with Crippen molar-refractivity contribution in [2.75, 3.05) is 12.4 Å². The van der Waals surface area contributed by atoms with Crippen molar-refractivity contribution in [1.82, 2.24) is 0 Å². The molecule has 0 heterocycles. The normalized spacial score (nSPS) is 21.2. The maximum absolute atomic E-state index is 11.6. The summed E-state index contributed by atoms with van der Waals surface area (Å²) in [5.74, 6) is -0.284. The van der Waals surface area contributed by atoms with Crippen LogP contribution in [0.25, 0.3) is 0 Å². The summed E-state index contributed by atoms with van der Waals surface area (Å²) in [4.78, 5) is 11.6. The molecule has 1 aliphatic carbocycles. The first-order valence-electron chi connectivity index (χ1n) is 6.89. The van der Waals surface area contributed by atoms with Gasteiger partial charge < -0.3 is 10.1 Å². The molecule has 1 N–H and O–H groups in total. The molecule has 0 amide bonds. The predicted octanol–water partition coefficient (Wildman–Crippen LogP) is 3.77. The van der Waals surface area contributed by atoms with Gasteiger partial charge in [-0.05, 0) is 42.9 Å². The number of methoxy groups -OCH3 is 1. The summed E-state index contributed by atoms with van der Waals surface area (Å²) in [5, 5.41) is 3.61. The fourth-order valence-corrected chi connectivity index (χ4v) is 2.80. The molecule has 0 bridgehead atoms. The van der Waals surface area contributed by atoms with Crippen LogP contribution in [0.4, 0.5) is 5.69 Å². The minimum Gasteiger partial charge on any atom is -0.465 e. The van der Waals surface area contributed by atoms with E-state index in [1.165, 1.54) is 26.4 Å². The zero-order chi connectivity index (χ0) is 14.0. The van der Waals surface area contributed by atoms with Crippen LogP contribution in [0.5, 0.6) is 0 Å². The van der Waals surface area contributed by atoms with E-state index in [0.29, 0.717) is 17.0 Å². The Morgan fingerprint density at radius 2 is 2.16 bits per heavy atom. The first kappa shape index (κ1) is 13.9. The standard InChI is InChI=1S/C16H23NO2/c1-11-7-8-12(15(18)19-4)10-13(11)17-14-6-5-9-16(14,2)3/h7-8,10,14,17H,5-6,9H2,1-4H3. The van der Waals surface area contributed by atoms with Crippen molar-refractivity contribution in [2.24, 2.45) is 5.41 Å². The second-order valence-corrected chi connectivity index (χ2v) is 6.10. The van der Waals surface area contributed by atoms with Gasteiger partial charge in [-0.15, -0.1) is 0 Å². The number of aryl methyl sites for hydroxylation is 1. The lowest BCUT2D eigenvalue weighted by atomic mass is 9.87. The molecule has 1 aromatic carbocycles. The molecule has 3 nitrogen and oxygen atoms in total. The van der Waals surface area contributed by atoms with Crippen LogP contribution in [0.1, 0.15) is 49.0 Å². The monoisotopic (exact) mass is 261 g/mol. The van der Waals surface area contributed by atoms with E-state index in [9.17, 15) is 4.79 Å². The second-order valence-electron chi connectivity index (χ2n) is 6.10. The van der Waals surface area contributed by atoms with Crippen molar-refractivity contribution in [3.05, 3.63) is 29.3 Å². The fraction of sp³-hybridized carbons (Fsp3) is 0.562. The first-order chi connectivity index (χ1) is 8.94. The number of ether oxygens (including phenoxy) is 1. The lowest BCUT2D eigenvalue weighted by Gasteiger charge is -2.29. The van der Waals surface area contributed by atoms with E-state index >= 15 is 0 Å². The van der Waals surface area contributed by atoms with Gasteiger partial charge in [0.15, 0.2) is 0 Å². The van der Waals surface area contributed by atoms with Crippen molar-refractivity contribution in [1.29, 1.82) is 0 Å². The third-order valence-electron chi connectivity index (χ3n) is 4.25. The fourth-order valence-electron chi connectivity index (χ4n) is 2.80. The molecule has 1 fully saturated rings. The number of rotatable bonds is 3. The molecule has 3 heteroatoms. The molecule has 0 aliphatic heterocycles. The average molecular weight is 261 g/mol. The van der Waals surface area contributed by atoms with Gasteiger partial charge in [-0.1, -0.05) is 26.3 Å². The predicted molar refractivity (Wildman–Crippen MR) is 77.6 cm³/mol. The van der Waals surface area contributed by atoms with E-state index in [-0.39, 0.29) is 5.97 Å². The van der Waals surface area contributed by atoms with Crippen LogP contribution < -0.4 is 5.32 Å². The van der Waals surface area contributed by atoms with E-state index in [0.717, 1.165) is 11.3 Å². The van der Waals surface area contributed by atoms with Gasteiger partial charge in [0.05, 0.1) is 12.7 Å². The molecule has 0 spiro atoms. The van der Waals surface area contributed by atoms with E-state index in [4.69, 9.17) is 4.74 Å². The van der Waals surface area contributed by atoms with Gasteiger partial charge in [-0.2, -0.15) is 0 Å². The van der Waals surface area contributed by atoms with Crippen LogP contribution in [0.3, 0.4) is 0 Å². The quantitative estimate of drug-likeness (QED) is 0.842. The number of esters is 1. The molecular formula is C16H23NO2. The Kier molecular flexibility index (Phi) is 3.83. The van der Waals surface area contributed by atoms with Crippen molar-refractivity contribution >= 4 is 11.7 Å². The number of nitrogens with one attached hydrogen (secondary N) is 1. The van der Waals surface area contributed by atoms with Gasteiger partial charge in [-0.25, -0.2) is 4.79 Å². The molecule has 1 aromatic rings. The lowest BCUT2D eigenvalue weighted by Crippen LogP contribution is -2.31. The minimum absolute atomic E-state index is 0.284. The topological polar surface area (TPSA) is 38.3 Å². The Bertz CT molecular complexity index is 480. The number of hydrogen-bond acceptors (Lipinski definition) is 3. The number of hydrogen-bond donors (Lipinski definition) is 1. The Morgan fingerprint density at radius 3 is 2.74 bits per heavy atom. The van der Waals surface area contributed by atoms with Gasteiger partial charge >= 0.3 is 5.97 Å². The minimum atomic E-state index is -0.284. The van der Waals surface area contributed by atoms with Crippen LogP contribution in [-0.2, 0) is 4.74 Å². The summed E-state index contributed by atoms with van der Waals surface area (Å²) in [6.45, 7) is 6.67. The Labute approximate surface area is 115 Å². The summed E-state index contributed by atoms with van der Waals surface area (Å²) in [5.41, 5.74) is 3.12. The van der Waals surface area contributed by atoms with Crippen molar-refractivity contribution in [2.45, 2.75) is 46.1 Å². The third kappa shape index (κ3) is 2.91. The highest BCUT2D eigenvalue weighted by molar-refractivity contribution is 5.90. The van der Waals surface area contributed by atoms with Crippen molar-refractivity contribution in [3.63, 3.8) is 0 Å². The highest BCUT2D eigenvalue weighted by atomic mass is 16.5. The molecule has 2 rings (SSSR count). The van der Waals surface area contributed by atoms with Crippen LogP contribution in [-0.4, -0.2) is 19.1 Å². The number of carbonyl (C=O) groups excluding carboxylic acids is 1. The molecule has 0 aromatic heterocycles. The zero-order valence-corrected chi connectivity index (χ0v) is 12.2. The summed E-state index contributed by atoms with van der Waals surface area (Å²) in [6.07, 6.45) is 3.70. The van der Waals surface area contributed by atoms with Crippen molar-refractivity contribution in [3.8, 4) is 0 Å². The van der Waals surface area contributed by atoms with E-state index in [2.05, 4.69) is 26.1 Å². The Hall–Kier alpha value is -1.51. The highest BCUT2D eigenvalue weighted by Gasteiger charge is 2.34. The molecule has 1 saturated carbocycles. The maximum atomic E-state index is 11.6. The summed E-state index contributed by atoms with van der Waals surface area (Å²) in [6, 6.07) is 6.15. The van der Waals surface area contributed by atoms with Gasteiger partial charge in [0.2, 0.25) is 0 Å². The molecule has 1 aliphatic rings. The Morgan fingerprint density at radius 1 is 1.42 bits per heavy atom. The maximum Gasteiger partial charge on any atom is 0.337 e. The molecule has 1 atom stereocenters. The first-order valence-corrected chi connectivity index (χ1v) is 6.89. The van der Waals surface area contributed by atoms with Gasteiger partial charge in [0.1, 0.15) is 0 Å². The van der Waals surface area contributed by atoms with E-state index in [1.54, 1.807) is 0 Å². The SMILES string of the molecule is COC(=O)c1ccc(C)c(NC2CCCC2(C)C)c1. The molecule has 104 valence electrons. The average Bonchev–Trinajstić information content (AvgIpc) is 2.70. The molecular weight excluding hydrogens is 238 g/mol. The zero-order valence-electron chi connectivity index (χ0n) is 12.2. The number of benzene rings is 1. The van der Waals surface area contributed by atoms with Gasteiger partial charge in [0.25, 0.3) is 0 Å². The molecule has 0 radical (unpaired) electrons. The summed E-state index contributed by atoms with van der Waals surface area (Å²) >= 11 is 0. The highest BCUT2D eigenvalue weighted by Crippen LogP contribution is 2.39. The van der Waals surface area contributed by atoms with Crippen molar-refractivity contribution < 1.29 is 9.53 Å². The van der Waals surface area contributed by atoms with Crippen LogP contribution in [0, 0.1) is 12.3 Å². The third-order valence-corrected chi connectivity index (χ3v) is 4.25. The number of anilines is 1. The van der Waals surface area contributed by atoms with E-state index < -0.39 is 0 Å². The Balaban J connectivity index is 2.22. The summed E-state index contributed by atoms with van der Waals surface area (Å²) < 4.78 is 4.78. The molecule has 1 unspecified atom stereocenters. The van der Waals surface area contributed by atoms with Crippen LogP contribution >= 0.6 is 0 Å². The van der Waals surface area contributed by atoms with E-state index in [1.807, 2.05) is 18.2 Å².